The van der Waals surface area contributed by atoms with E-state index in [1.807, 2.05) is 0 Å². The Labute approximate surface area is 91.2 Å². The summed E-state index contributed by atoms with van der Waals surface area (Å²) in [7, 11) is -3.64. The van der Waals surface area contributed by atoms with Crippen LogP contribution in [0.25, 0.3) is 11.0 Å². The molecule has 2 rings (SSSR count). The van der Waals surface area contributed by atoms with E-state index in [2.05, 4.69) is 0 Å². The molecule has 84 valence electrons. The molecular weight excluding hydrogens is 232 g/mol. The van der Waals surface area contributed by atoms with E-state index in [1.165, 1.54) is 12.1 Å². The predicted octanol–water partition coefficient (Wildman–Crippen LogP) is 1.53. The third-order valence-corrected chi connectivity index (χ3v) is 3.26. The third kappa shape index (κ3) is 1.57. The largest absolute Gasteiger partial charge is 0.475 e. The maximum Gasteiger partial charge on any atom is 0.373 e. The topological polar surface area (TPSA) is 84.6 Å². The monoisotopic (exact) mass is 240 g/mol. The quantitative estimate of drug-likeness (QED) is 0.860. The van der Waals surface area contributed by atoms with E-state index in [9.17, 15) is 13.2 Å². The highest BCUT2D eigenvalue weighted by atomic mass is 32.2. The number of aromatic carboxylic acids is 1. The first-order valence-electron chi connectivity index (χ1n) is 4.36. The molecule has 0 radical (unpaired) electrons. The second-order valence-electron chi connectivity index (χ2n) is 3.33. The van der Waals surface area contributed by atoms with Crippen LogP contribution >= 0.6 is 0 Å². The molecule has 0 spiro atoms. The Hall–Kier alpha value is -1.82. The fraction of sp³-hybridized carbons (Fsp3) is 0.100. The van der Waals surface area contributed by atoms with Gasteiger partial charge in [0.25, 0.3) is 0 Å². The van der Waals surface area contributed by atoms with Gasteiger partial charge in [-0.15, -0.1) is 0 Å². The van der Waals surface area contributed by atoms with E-state index in [0.717, 1.165) is 6.26 Å². The van der Waals surface area contributed by atoms with Gasteiger partial charge in [-0.05, 0) is 12.1 Å². The van der Waals surface area contributed by atoms with Gasteiger partial charge in [0.15, 0.2) is 9.84 Å². The fourth-order valence-electron chi connectivity index (χ4n) is 1.53. The van der Waals surface area contributed by atoms with E-state index >= 15 is 0 Å². The first-order valence-corrected chi connectivity index (χ1v) is 6.25. The highest BCUT2D eigenvalue weighted by Gasteiger charge is 2.26. The Morgan fingerprint density at radius 2 is 1.94 bits per heavy atom. The van der Waals surface area contributed by atoms with E-state index in [-0.39, 0.29) is 10.5 Å². The Bertz CT molecular complexity index is 666. The van der Waals surface area contributed by atoms with E-state index in [4.69, 9.17) is 9.52 Å². The van der Waals surface area contributed by atoms with E-state index < -0.39 is 21.6 Å². The Balaban J connectivity index is 2.97. The predicted molar refractivity (Wildman–Crippen MR) is 56.3 cm³/mol. The van der Waals surface area contributed by atoms with Crippen molar-refractivity contribution in [2.24, 2.45) is 0 Å². The van der Waals surface area contributed by atoms with Crippen molar-refractivity contribution in [1.29, 1.82) is 0 Å². The molecule has 0 saturated heterocycles. The smallest absolute Gasteiger partial charge is 0.373 e. The van der Waals surface area contributed by atoms with Crippen molar-refractivity contribution in [2.45, 2.75) is 4.90 Å². The highest BCUT2D eigenvalue weighted by Crippen LogP contribution is 2.29. The maximum atomic E-state index is 11.5. The van der Waals surface area contributed by atoms with Crippen LogP contribution in [0.1, 0.15) is 10.6 Å². The number of rotatable bonds is 2. The summed E-state index contributed by atoms with van der Waals surface area (Å²) in [6, 6.07) is 6.31. The minimum atomic E-state index is -3.64. The zero-order chi connectivity index (χ0) is 11.9. The summed E-state index contributed by atoms with van der Waals surface area (Å²) in [6.07, 6.45) is 0.955. The molecule has 5 nitrogen and oxygen atoms in total. The first kappa shape index (κ1) is 10.7. The lowest BCUT2D eigenvalue weighted by Gasteiger charge is -1.95. The second kappa shape index (κ2) is 3.34. The summed E-state index contributed by atoms with van der Waals surface area (Å²) < 4.78 is 28.0. The van der Waals surface area contributed by atoms with Crippen LogP contribution in [0.15, 0.2) is 33.6 Å². The Morgan fingerprint density at radius 3 is 2.50 bits per heavy atom. The lowest BCUT2D eigenvalue weighted by atomic mass is 10.2. The van der Waals surface area contributed by atoms with Crippen LogP contribution in [0.4, 0.5) is 0 Å². The molecule has 0 amide bonds. The molecule has 0 fully saturated rings. The molecular formula is C10H8O5S. The molecule has 0 atom stereocenters. The van der Waals surface area contributed by atoms with Crippen molar-refractivity contribution in [3.8, 4) is 0 Å². The number of hydrogen-bond donors (Lipinski definition) is 1. The minimum Gasteiger partial charge on any atom is -0.475 e. The first-order chi connectivity index (χ1) is 7.41. The van der Waals surface area contributed by atoms with Crippen molar-refractivity contribution in [3.63, 3.8) is 0 Å². The molecule has 16 heavy (non-hydrogen) atoms. The lowest BCUT2D eigenvalue weighted by molar-refractivity contribution is 0.0659. The van der Waals surface area contributed by atoms with Gasteiger partial charge in [0.1, 0.15) is 10.5 Å². The second-order valence-corrected chi connectivity index (χ2v) is 5.29. The van der Waals surface area contributed by atoms with Gasteiger partial charge in [-0.2, -0.15) is 0 Å². The summed E-state index contributed by atoms with van der Waals surface area (Å²) in [5, 5.41) is 9.17. The maximum absolute atomic E-state index is 11.5. The summed E-state index contributed by atoms with van der Waals surface area (Å²) >= 11 is 0. The number of carboxylic acids is 1. The van der Waals surface area contributed by atoms with Gasteiger partial charge in [-0.25, -0.2) is 13.2 Å². The van der Waals surface area contributed by atoms with Gasteiger partial charge in [-0.3, -0.25) is 0 Å². The van der Waals surface area contributed by atoms with Crippen LogP contribution in [0.3, 0.4) is 0 Å². The average molecular weight is 240 g/mol. The van der Waals surface area contributed by atoms with Gasteiger partial charge in [0.05, 0.1) is 0 Å². The van der Waals surface area contributed by atoms with Crippen LogP contribution in [-0.4, -0.2) is 25.7 Å². The highest BCUT2D eigenvalue weighted by molar-refractivity contribution is 7.91. The molecule has 1 aromatic heterocycles. The Kier molecular flexibility index (Phi) is 2.23. The van der Waals surface area contributed by atoms with E-state index in [0.29, 0.717) is 5.39 Å². The number of carboxylic acid groups (broad SMARTS) is 1. The SMILES string of the molecule is CS(=O)(=O)c1c(C(=O)O)oc2ccccc12. The number of para-hydroxylation sites is 1. The number of benzene rings is 1. The van der Waals surface area contributed by atoms with Crippen LogP contribution in [0, 0.1) is 0 Å². The molecule has 0 saturated carbocycles. The van der Waals surface area contributed by atoms with Crippen molar-refractivity contribution < 1.29 is 22.7 Å². The fourth-order valence-corrected chi connectivity index (χ4v) is 2.56. The van der Waals surface area contributed by atoms with Crippen LogP contribution in [-0.2, 0) is 9.84 Å². The van der Waals surface area contributed by atoms with Crippen LogP contribution in [0.2, 0.25) is 0 Å². The third-order valence-electron chi connectivity index (χ3n) is 2.11. The summed E-state index contributed by atoms with van der Waals surface area (Å²) in [6.45, 7) is 0. The van der Waals surface area contributed by atoms with Gasteiger partial charge in [-0.1, -0.05) is 12.1 Å². The van der Waals surface area contributed by atoms with E-state index in [1.54, 1.807) is 12.1 Å². The molecule has 0 aliphatic carbocycles. The molecule has 6 heteroatoms. The molecule has 2 aromatic rings. The van der Waals surface area contributed by atoms with Crippen LogP contribution in [0.5, 0.6) is 0 Å². The molecule has 0 aliphatic rings. The van der Waals surface area contributed by atoms with Gasteiger partial charge < -0.3 is 9.52 Å². The number of furan rings is 1. The van der Waals surface area contributed by atoms with Gasteiger partial charge in [0, 0.05) is 11.6 Å². The summed E-state index contributed by atoms with van der Waals surface area (Å²) in [4.78, 5) is 10.6. The minimum absolute atomic E-state index is 0.250. The normalized spacial score (nSPS) is 11.8. The standard InChI is InChI=1S/C10H8O5S/c1-16(13,14)9-6-4-2-3-5-7(6)15-8(9)10(11)12/h2-5H,1H3,(H,11,12). The molecule has 1 N–H and O–H groups in total. The molecule has 1 heterocycles. The molecule has 0 unspecified atom stereocenters. The Morgan fingerprint density at radius 1 is 1.31 bits per heavy atom. The van der Waals surface area contributed by atoms with Crippen LogP contribution < -0.4 is 0 Å². The zero-order valence-electron chi connectivity index (χ0n) is 8.30. The lowest BCUT2D eigenvalue weighted by Crippen LogP contribution is -2.04. The van der Waals surface area contributed by atoms with Gasteiger partial charge in [0.2, 0.25) is 5.76 Å². The number of hydrogen-bond acceptors (Lipinski definition) is 4. The molecule has 0 aliphatic heterocycles. The van der Waals surface area contributed by atoms with Crippen molar-refractivity contribution >= 4 is 26.8 Å². The van der Waals surface area contributed by atoms with Crippen molar-refractivity contribution in [1.82, 2.24) is 0 Å². The van der Waals surface area contributed by atoms with Crippen molar-refractivity contribution in [2.75, 3.05) is 6.26 Å². The zero-order valence-corrected chi connectivity index (χ0v) is 9.11. The molecule has 0 bridgehead atoms. The average Bonchev–Trinajstić information content (AvgIpc) is 2.55. The summed E-state index contributed by atoms with van der Waals surface area (Å²) in [5.74, 6) is -1.93. The number of sulfone groups is 1. The van der Waals surface area contributed by atoms with Gasteiger partial charge >= 0.3 is 5.97 Å². The molecule has 1 aromatic carbocycles. The number of carbonyl (C=O) groups is 1. The summed E-state index contributed by atoms with van der Waals surface area (Å²) in [5.41, 5.74) is 0.250. The van der Waals surface area contributed by atoms with Crippen molar-refractivity contribution in [3.05, 3.63) is 30.0 Å². The number of fused-ring (bicyclic) bond motifs is 1.